The Morgan fingerprint density at radius 1 is 1.38 bits per heavy atom. The van der Waals surface area contributed by atoms with Crippen LogP contribution in [0.2, 0.25) is 0 Å². The lowest BCUT2D eigenvalue weighted by atomic mass is 10.2. The SMILES string of the molecule is C=C(N)c1ccn2c(C)cc(N(C)C)c2c1. The molecule has 2 aromatic heterocycles. The molecule has 0 radical (unpaired) electrons. The quantitative estimate of drug-likeness (QED) is 0.833. The van der Waals surface area contributed by atoms with Gasteiger partial charge < -0.3 is 15.0 Å². The van der Waals surface area contributed by atoms with Gasteiger partial charge in [-0.05, 0) is 25.1 Å². The zero-order valence-electron chi connectivity index (χ0n) is 9.99. The minimum atomic E-state index is 0.603. The smallest absolute Gasteiger partial charge is 0.0694 e. The van der Waals surface area contributed by atoms with Gasteiger partial charge in [-0.25, -0.2) is 0 Å². The van der Waals surface area contributed by atoms with Gasteiger partial charge >= 0.3 is 0 Å². The molecule has 84 valence electrons. The number of nitrogens with zero attached hydrogens (tertiary/aromatic N) is 2. The molecule has 0 aliphatic carbocycles. The average Bonchev–Trinajstić information content (AvgIpc) is 2.56. The van der Waals surface area contributed by atoms with Gasteiger partial charge in [0.1, 0.15) is 0 Å². The van der Waals surface area contributed by atoms with Crippen molar-refractivity contribution in [3.05, 3.63) is 42.2 Å². The van der Waals surface area contributed by atoms with E-state index >= 15 is 0 Å². The first-order valence-corrected chi connectivity index (χ1v) is 5.24. The summed E-state index contributed by atoms with van der Waals surface area (Å²) in [6.07, 6.45) is 2.03. The molecule has 2 heterocycles. The highest BCUT2D eigenvalue weighted by atomic mass is 15.1. The highest BCUT2D eigenvalue weighted by Gasteiger charge is 2.08. The van der Waals surface area contributed by atoms with Crippen LogP contribution in [0.25, 0.3) is 11.2 Å². The molecule has 0 spiro atoms. The van der Waals surface area contributed by atoms with Crippen LogP contribution in [0.4, 0.5) is 5.69 Å². The standard InChI is InChI=1S/C13H17N3/c1-9-7-12(15(3)4)13-8-11(10(2)14)5-6-16(9)13/h5-8H,2,14H2,1,3-4H3. The third kappa shape index (κ3) is 1.54. The van der Waals surface area contributed by atoms with Crippen molar-refractivity contribution >= 4 is 16.9 Å². The zero-order chi connectivity index (χ0) is 11.9. The van der Waals surface area contributed by atoms with E-state index in [1.165, 1.54) is 11.4 Å². The lowest BCUT2D eigenvalue weighted by Gasteiger charge is -2.11. The van der Waals surface area contributed by atoms with Gasteiger partial charge in [-0.15, -0.1) is 0 Å². The molecule has 0 aliphatic heterocycles. The van der Waals surface area contributed by atoms with Crippen LogP contribution in [0.5, 0.6) is 0 Å². The van der Waals surface area contributed by atoms with Crippen molar-refractivity contribution in [1.29, 1.82) is 0 Å². The topological polar surface area (TPSA) is 33.7 Å². The maximum Gasteiger partial charge on any atom is 0.0694 e. The predicted octanol–water partition coefficient (Wildman–Crippen LogP) is 2.24. The van der Waals surface area contributed by atoms with E-state index in [-0.39, 0.29) is 0 Å². The minimum Gasteiger partial charge on any atom is -0.399 e. The lowest BCUT2D eigenvalue weighted by Crippen LogP contribution is -2.08. The average molecular weight is 215 g/mol. The summed E-state index contributed by atoms with van der Waals surface area (Å²) >= 11 is 0. The van der Waals surface area contributed by atoms with Crippen molar-refractivity contribution in [3.63, 3.8) is 0 Å². The Morgan fingerprint density at radius 3 is 2.62 bits per heavy atom. The fraction of sp³-hybridized carbons (Fsp3) is 0.231. The summed E-state index contributed by atoms with van der Waals surface area (Å²) in [6.45, 7) is 5.86. The van der Waals surface area contributed by atoms with E-state index in [4.69, 9.17) is 5.73 Å². The molecule has 0 aromatic carbocycles. The van der Waals surface area contributed by atoms with Gasteiger partial charge in [0.25, 0.3) is 0 Å². The molecular formula is C13H17N3. The van der Waals surface area contributed by atoms with Gasteiger partial charge in [-0.3, -0.25) is 0 Å². The number of nitrogens with two attached hydrogens (primary N) is 1. The molecule has 0 amide bonds. The van der Waals surface area contributed by atoms with Gasteiger partial charge in [-0.2, -0.15) is 0 Å². The zero-order valence-corrected chi connectivity index (χ0v) is 9.99. The molecule has 0 atom stereocenters. The van der Waals surface area contributed by atoms with Crippen LogP contribution in [0, 0.1) is 6.92 Å². The predicted molar refractivity (Wildman–Crippen MR) is 69.7 cm³/mol. The highest BCUT2D eigenvalue weighted by molar-refractivity contribution is 5.78. The Morgan fingerprint density at radius 2 is 2.06 bits per heavy atom. The van der Waals surface area contributed by atoms with Crippen LogP contribution in [0.15, 0.2) is 31.0 Å². The number of pyridine rings is 1. The van der Waals surface area contributed by atoms with Crippen LogP contribution in [0.1, 0.15) is 11.3 Å². The van der Waals surface area contributed by atoms with Gasteiger partial charge in [0.2, 0.25) is 0 Å². The van der Waals surface area contributed by atoms with Crippen molar-refractivity contribution in [2.45, 2.75) is 6.92 Å². The summed E-state index contributed by atoms with van der Waals surface area (Å²) in [4.78, 5) is 2.10. The number of hydrogen-bond donors (Lipinski definition) is 1. The first-order chi connectivity index (χ1) is 7.50. The van der Waals surface area contributed by atoms with E-state index in [2.05, 4.69) is 34.9 Å². The molecule has 2 aromatic rings. The Hall–Kier alpha value is -1.90. The highest BCUT2D eigenvalue weighted by Crippen LogP contribution is 2.25. The van der Waals surface area contributed by atoms with Crippen molar-refractivity contribution in [3.8, 4) is 0 Å². The second-order valence-corrected chi connectivity index (χ2v) is 4.26. The molecule has 3 nitrogen and oxygen atoms in total. The second kappa shape index (κ2) is 3.59. The molecule has 0 aliphatic rings. The van der Waals surface area contributed by atoms with Crippen LogP contribution < -0.4 is 10.6 Å². The molecule has 0 saturated carbocycles. The molecule has 0 unspecified atom stereocenters. The summed E-state index contributed by atoms with van der Waals surface area (Å²) in [7, 11) is 4.08. The molecule has 0 bridgehead atoms. The number of hydrogen-bond acceptors (Lipinski definition) is 2. The largest absolute Gasteiger partial charge is 0.399 e. The van der Waals surface area contributed by atoms with Crippen LogP contribution >= 0.6 is 0 Å². The molecule has 2 N–H and O–H groups in total. The van der Waals surface area contributed by atoms with Crippen LogP contribution in [-0.4, -0.2) is 18.5 Å². The molecule has 3 heteroatoms. The second-order valence-electron chi connectivity index (χ2n) is 4.26. The summed E-state index contributed by atoms with van der Waals surface area (Å²) in [5.74, 6) is 0. The Kier molecular flexibility index (Phi) is 2.38. The van der Waals surface area contributed by atoms with Gasteiger partial charge in [0.05, 0.1) is 11.2 Å². The van der Waals surface area contributed by atoms with Crippen LogP contribution in [-0.2, 0) is 0 Å². The van der Waals surface area contributed by atoms with Crippen molar-refractivity contribution < 1.29 is 0 Å². The Labute approximate surface area is 95.8 Å². The molecule has 2 rings (SSSR count). The maximum atomic E-state index is 5.72. The lowest BCUT2D eigenvalue weighted by molar-refractivity contribution is 1.11. The van der Waals surface area contributed by atoms with Crippen molar-refractivity contribution in [1.82, 2.24) is 4.40 Å². The van der Waals surface area contributed by atoms with E-state index in [1.807, 2.05) is 26.4 Å². The summed E-state index contributed by atoms with van der Waals surface area (Å²) < 4.78 is 2.15. The third-order valence-corrected chi connectivity index (χ3v) is 2.80. The summed E-state index contributed by atoms with van der Waals surface area (Å²) in [5.41, 5.74) is 10.9. The first kappa shape index (κ1) is 10.6. The number of aromatic nitrogens is 1. The molecule has 16 heavy (non-hydrogen) atoms. The van der Waals surface area contributed by atoms with E-state index < -0.39 is 0 Å². The fourth-order valence-corrected chi connectivity index (χ4v) is 1.90. The van der Waals surface area contributed by atoms with E-state index in [1.54, 1.807) is 0 Å². The summed E-state index contributed by atoms with van der Waals surface area (Å²) in [6, 6.07) is 6.23. The number of anilines is 1. The van der Waals surface area contributed by atoms with E-state index in [9.17, 15) is 0 Å². The van der Waals surface area contributed by atoms with Gasteiger partial charge in [0, 0.05) is 37.2 Å². The Bertz CT molecular complexity index is 550. The molecule has 0 saturated heterocycles. The summed E-state index contributed by atoms with van der Waals surface area (Å²) in [5, 5.41) is 0. The maximum absolute atomic E-state index is 5.72. The van der Waals surface area contributed by atoms with E-state index in [0.29, 0.717) is 5.70 Å². The number of aryl methyl sites for hydroxylation is 1. The monoisotopic (exact) mass is 215 g/mol. The molecular weight excluding hydrogens is 198 g/mol. The third-order valence-electron chi connectivity index (χ3n) is 2.80. The Balaban J connectivity index is 2.74. The van der Waals surface area contributed by atoms with E-state index in [0.717, 1.165) is 11.1 Å². The number of fused-ring (bicyclic) bond motifs is 1. The first-order valence-electron chi connectivity index (χ1n) is 5.24. The molecule has 0 fully saturated rings. The number of rotatable bonds is 2. The van der Waals surface area contributed by atoms with Gasteiger partial charge in [-0.1, -0.05) is 6.58 Å². The van der Waals surface area contributed by atoms with Crippen molar-refractivity contribution in [2.75, 3.05) is 19.0 Å². The normalized spacial score (nSPS) is 10.7. The fourth-order valence-electron chi connectivity index (χ4n) is 1.90. The van der Waals surface area contributed by atoms with Gasteiger partial charge in [0.15, 0.2) is 0 Å². The minimum absolute atomic E-state index is 0.603. The van der Waals surface area contributed by atoms with Crippen LogP contribution in [0.3, 0.4) is 0 Å². The van der Waals surface area contributed by atoms with Crippen molar-refractivity contribution in [2.24, 2.45) is 5.73 Å².